The minimum atomic E-state index is -1.33. The Kier molecular flexibility index (Phi) is 4.73. The third-order valence-electron chi connectivity index (χ3n) is 2.97. The van der Waals surface area contributed by atoms with Crippen molar-refractivity contribution in [3.05, 3.63) is 65.0 Å². The largest absolute Gasteiger partial charge is 0.478 e. The summed E-state index contributed by atoms with van der Waals surface area (Å²) in [5, 5.41) is 11.4. The number of halogens is 1. The van der Waals surface area contributed by atoms with Crippen molar-refractivity contribution in [3.8, 4) is 0 Å². The first kappa shape index (κ1) is 15.5. The highest BCUT2D eigenvalue weighted by molar-refractivity contribution is 5.99. The molecule has 0 saturated heterocycles. The molecule has 2 aromatic carbocycles. The van der Waals surface area contributed by atoms with E-state index in [4.69, 9.17) is 9.84 Å². The molecule has 5 nitrogen and oxygen atoms in total. The zero-order valence-electron chi connectivity index (χ0n) is 11.8. The molecule has 2 rings (SSSR count). The van der Waals surface area contributed by atoms with Gasteiger partial charge in [0.1, 0.15) is 12.4 Å². The van der Waals surface area contributed by atoms with Crippen LogP contribution in [-0.4, -0.2) is 17.2 Å². The van der Waals surface area contributed by atoms with Crippen molar-refractivity contribution >= 4 is 17.7 Å². The third kappa shape index (κ3) is 3.82. The predicted molar refractivity (Wildman–Crippen MR) is 78.3 cm³/mol. The van der Waals surface area contributed by atoms with Gasteiger partial charge in [-0.25, -0.2) is 14.0 Å². The average Bonchev–Trinajstić information content (AvgIpc) is 2.48. The monoisotopic (exact) mass is 303 g/mol. The standard InChI is InChI=1S/C16H14FNO4/c1-10-7-12(17)8-13(15(19)20)14(10)18-16(21)22-9-11-5-3-2-4-6-11/h2-8H,9H2,1H3,(H,18,21)(H,19,20). The van der Waals surface area contributed by atoms with Crippen LogP contribution < -0.4 is 5.32 Å². The van der Waals surface area contributed by atoms with Crippen molar-refractivity contribution in [1.82, 2.24) is 0 Å². The van der Waals surface area contributed by atoms with E-state index in [1.807, 2.05) is 18.2 Å². The molecule has 0 radical (unpaired) electrons. The lowest BCUT2D eigenvalue weighted by atomic mass is 10.1. The van der Waals surface area contributed by atoms with Crippen LogP contribution in [0.2, 0.25) is 0 Å². The van der Waals surface area contributed by atoms with E-state index >= 15 is 0 Å². The molecule has 22 heavy (non-hydrogen) atoms. The normalized spacial score (nSPS) is 10.1. The SMILES string of the molecule is Cc1cc(F)cc(C(=O)O)c1NC(=O)OCc1ccccc1. The van der Waals surface area contributed by atoms with E-state index in [0.717, 1.165) is 17.7 Å². The van der Waals surface area contributed by atoms with Crippen molar-refractivity contribution in [2.75, 3.05) is 5.32 Å². The summed E-state index contributed by atoms with van der Waals surface area (Å²) < 4.78 is 18.3. The van der Waals surface area contributed by atoms with Crippen LogP contribution in [0.5, 0.6) is 0 Å². The molecule has 0 unspecified atom stereocenters. The lowest BCUT2D eigenvalue weighted by molar-refractivity contribution is 0.0697. The second-order valence-electron chi connectivity index (χ2n) is 4.64. The molecule has 2 aromatic rings. The molecule has 2 N–H and O–H groups in total. The van der Waals surface area contributed by atoms with Crippen LogP contribution in [0, 0.1) is 12.7 Å². The summed E-state index contributed by atoms with van der Waals surface area (Å²) in [6, 6.07) is 11.0. The number of amides is 1. The minimum absolute atomic E-state index is 0.0203. The second kappa shape index (κ2) is 6.71. The summed E-state index contributed by atoms with van der Waals surface area (Å²) in [7, 11) is 0. The zero-order chi connectivity index (χ0) is 16.1. The number of hydrogen-bond donors (Lipinski definition) is 2. The van der Waals surface area contributed by atoms with Gasteiger partial charge in [0.05, 0.1) is 11.3 Å². The molecular weight excluding hydrogens is 289 g/mol. The molecule has 0 bridgehead atoms. The number of carbonyl (C=O) groups is 2. The van der Waals surface area contributed by atoms with Crippen LogP contribution in [0.1, 0.15) is 21.5 Å². The van der Waals surface area contributed by atoms with Crippen molar-refractivity contribution in [2.24, 2.45) is 0 Å². The van der Waals surface area contributed by atoms with Gasteiger partial charge in [0.15, 0.2) is 0 Å². The number of anilines is 1. The van der Waals surface area contributed by atoms with Crippen LogP contribution in [0.15, 0.2) is 42.5 Å². The molecular formula is C16H14FNO4. The van der Waals surface area contributed by atoms with Gasteiger partial charge in [0.2, 0.25) is 0 Å². The molecule has 6 heteroatoms. The van der Waals surface area contributed by atoms with Crippen molar-refractivity contribution in [1.29, 1.82) is 0 Å². The highest BCUT2D eigenvalue weighted by atomic mass is 19.1. The number of nitrogens with one attached hydrogen (secondary N) is 1. The Hall–Kier alpha value is -2.89. The fraction of sp³-hybridized carbons (Fsp3) is 0.125. The summed E-state index contributed by atoms with van der Waals surface area (Å²) in [5.74, 6) is -2.01. The van der Waals surface area contributed by atoms with E-state index in [9.17, 15) is 14.0 Å². The molecule has 0 aliphatic carbocycles. The summed E-state index contributed by atoms with van der Waals surface area (Å²) in [6.45, 7) is 1.55. The van der Waals surface area contributed by atoms with Gasteiger partial charge in [0.25, 0.3) is 0 Å². The Morgan fingerprint density at radius 1 is 1.23 bits per heavy atom. The summed E-state index contributed by atoms with van der Waals surface area (Å²) in [5.41, 5.74) is 0.794. The molecule has 114 valence electrons. The van der Waals surface area contributed by atoms with Gasteiger partial charge in [-0.3, -0.25) is 5.32 Å². The number of carbonyl (C=O) groups excluding carboxylic acids is 1. The molecule has 0 aliphatic heterocycles. The Balaban J connectivity index is 2.10. The van der Waals surface area contributed by atoms with Crippen molar-refractivity contribution < 1.29 is 23.8 Å². The maximum atomic E-state index is 13.3. The van der Waals surface area contributed by atoms with E-state index in [-0.39, 0.29) is 17.9 Å². The van der Waals surface area contributed by atoms with Crippen LogP contribution in [0.3, 0.4) is 0 Å². The van der Waals surface area contributed by atoms with Gasteiger partial charge < -0.3 is 9.84 Å². The molecule has 0 aromatic heterocycles. The number of aryl methyl sites for hydroxylation is 1. The number of aromatic carboxylic acids is 1. The van der Waals surface area contributed by atoms with E-state index in [1.165, 1.54) is 6.92 Å². The maximum Gasteiger partial charge on any atom is 0.411 e. The number of benzene rings is 2. The van der Waals surface area contributed by atoms with Crippen LogP contribution in [-0.2, 0) is 11.3 Å². The fourth-order valence-electron chi connectivity index (χ4n) is 1.94. The number of carboxylic acids is 1. The average molecular weight is 303 g/mol. The molecule has 0 atom stereocenters. The van der Waals surface area contributed by atoms with Crippen molar-refractivity contribution in [2.45, 2.75) is 13.5 Å². The van der Waals surface area contributed by atoms with Crippen LogP contribution in [0.25, 0.3) is 0 Å². The molecule has 0 saturated carbocycles. The maximum absolute atomic E-state index is 13.3. The number of ether oxygens (including phenoxy) is 1. The summed E-state index contributed by atoms with van der Waals surface area (Å²) >= 11 is 0. The van der Waals surface area contributed by atoms with Gasteiger partial charge in [-0.15, -0.1) is 0 Å². The van der Waals surface area contributed by atoms with E-state index < -0.39 is 17.9 Å². The number of carboxylic acid groups (broad SMARTS) is 1. The number of hydrogen-bond acceptors (Lipinski definition) is 3. The molecule has 0 aliphatic rings. The summed E-state index contributed by atoms with van der Waals surface area (Å²) in [4.78, 5) is 22.9. The highest BCUT2D eigenvalue weighted by Gasteiger charge is 2.17. The molecule has 0 spiro atoms. The quantitative estimate of drug-likeness (QED) is 0.905. The van der Waals surface area contributed by atoms with Gasteiger partial charge in [-0.05, 0) is 30.2 Å². The third-order valence-corrected chi connectivity index (χ3v) is 2.97. The molecule has 1 amide bonds. The fourth-order valence-corrected chi connectivity index (χ4v) is 1.94. The lowest BCUT2D eigenvalue weighted by Gasteiger charge is -2.12. The Morgan fingerprint density at radius 3 is 2.55 bits per heavy atom. The highest BCUT2D eigenvalue weighted by Crippen LogP contribution is 2.23. The molecule has 0 heterocycles. The van der Waals surface area contributed by atoms with E-state index in [0.29, 0.717) is 5.56 Å². The smallest absolute Gasteiger partial charge is 0.411 e. The topological polar surface area (TPSA) is 75.6 Å². The van der Waals surface area contributed by atoms with Gasteiger partial charge >= 0.3 is 12.1 Å². The first-order chi connectivity index (χ1) is 10.5. The van der Waals surface area contributed by atoms with E-state index in [1.54, 1.807) is 12.1 Å². The second-order valence-corrected chi connectivity index (χ2v) is 4.64. The van der Waals surface area contributed by atoms with Gasteiger partial charge in [-0.2, -0.15) is 0 Å². The zero-order valence-corrected chi connectivity index (χ0v) is 11.8. The summed E-state index contributed by atoms with van der Waals surface area (Å²) in [6.07, 6.45) is -0.805. The van der Waals surface area contributed by atoms with Crippen molar-refractivity contribution in [3.63, 3.8) is 0 Å². The predicted octanol–water partition coefficient (Wildman–Crippen LogP) is 3.58. The van der Waals surface area contributed by atoms with Gasteiger partial charge in [0, 0.05) is 0 Å². The Labute approximate surface area is 126 Å². The van der Waals surface area contributed by atoms with Crippen LogP contribution >= 0.6 is 0 Å². The van der Waals surface area contributed by atoms with E-state index in [2.05, 4.69) is 5.32 Å². The number of rotatable bonds is 4. The Morgan fingerprint density at radius 2 is 1.91 bits per heavy atom. The molecule has 0 fully saturated rings. The first-order valence-electron chi connectivity index (χ1n) is 6.48. The van der Waals surface area contributed by atoms with Gasteiger partial charge in [-0.1, -0.05) is 30.3 Å². The lowest BCUT2D eigenvalue weighted by Crippen LogP contribution is -2.17. The first-order valence-corrected chi connectivity index (χ1v) is 6.48. The minimum Gasteiger partial charge on any atom is -0.478 e. The van der Waals surface area contributed by atoms with Crippen LogP contribution in [0.4, 0.5) is 14.9 Å². The Bertz CT molecular complexity index is 701.